The summed E-state index contributed by atoms with van der Waals surface area (Å²) < 4.78 is 28.2. The molecule has 31 heavy (non-hydrogen) atoms. The van der Waals surface area contributed by atoms with Crippen molar-refractivity contribution < 1.29 is 8.42 Å². The maximum Gasteiger partial charge on any atom is 0.263 e. The molecule has 0 radical (unpaired) electrons. The van der Waals surface area contributed by atoms with Crippen LogP contribution in [-0.2, 0) is 16.4 Å². The van der Waals surface area contributed by atoms with Crippen molar-refractivity contribution in [2.45, 2.75) is 25.2 Å². The van der Waals surface area contributed by atoms with Crippen LogP contribution in [0, 0.1) is 13.8 Å². The van der Waals surface area contributed by atoms with Gasteiger partial charge in [0.2, 0.25) is 0 Å². The highest BCUT2D eigenvalue weighted by Crippen LogP contribution is 2.30. The molecule has 4 rings (SSSR count). The molecule has 0 saturated carbocycles. The average Bonchev–Trinajstić information content (AvgIpc) is 2.70. The largest absolute Gasteiger partial charge is 0.280 e. The Balaban J connectivity index is 1.62. The van der Waals surface area contributed by atoms with Gasteiger partial charge in [0, 0.05) is 23.0 Å². The number of halogens is 2. The van der Waals surface area contributed by atoms with E-state index < -0.39 is 10.0 Å². The van der Waals surface area contributed by atoms with Crippen molar-refractivity contribution in [1.82, 2.24) is 4.98 Å². The first-order valence-electron chi connectivity index (χ1n) is 9.64. The lowest BCUT2D eigenvalue weighted by molar-refractivity contribution is 0.601. The number of sulfonamides is 1. The average molecular weight is 471 g/mol. The molecule has 0 aliphatic heterocycles. The van der Waals surface area contributed by atoms with Crippen molar-refractivity contribution in [1.29, 1.82) is 0 Å². The molecule has 0 aliphatic carbocycles. The first-order chi connectivity index (χ1) is 14.7. The minimum atomic E-state index is -3.84. The molecule has 0 spiro atoms. The second kappa shape index (κ2) is 8.50. The molecule has 4 nitrogen and oxygen atoms in total. The van der Waals surface area contributed by atoms with Gasteiger partial charge in [0.05, 0.1) is 16.2 Å². The minimum Gasteiger partial charge on any atom is -0.280 e. The van der Waals surface area contributed by atoms with Gasteiger partial charge in [-0.15, -0.1) is 0 Å². The molecule has 4 aromatic rings. The number of benzene rings is 3. The van der Waals surface area contributed by atoms with Crippen LogP contribution in [0.4, 0.5) is 5.69 Å². The predicted molar refractivity (Wildman–Crippen MR) is 128 cm³/mol. The lowest BCUT2D eigenvalue weighted by Crippen LogP contribution is -2.14. The number of rotatable bonds is 5. The van der Waals surface area contributed by atoms with Gasteiger partial charge in [0.1, 0.15) is 4.90 Å². The second-order valence-electron chi connectivity index (χ2n) is 7.51. The number of anilines is 1. The molecule has 1 heterocycles. The molecule has 158 valence electrons. The summed E-state index contributed by atoms with van der Waals surface area (Å²) in [5.41, 5.74) is 5.05. The second-order valence-corrected chi connectivity index (χ2v) is 9.97. The van der Waals surface area contributed by atoms with Crippen LogP contribution in [0.5, 0.6) is 0 Å². The lowest BCUT2D eigenvalue weighted by atomic mass is 10.00. The number of para-hydroxylation sites is 1. The predicted octanol–water partition coefficient (Wildman–Crippen LogP) is 6.55. The molecule has 0 amide bonds. The smallest absolute Gasteiger partial charge is 0.263 e. The number of fused-ring (bicyclic) bond motifs is 1. The molecule has 0 unspecified atom stereocenters. The van der Waals surface area contributed by atoms with E-state index in [1.54, 1.807) is 24.3 Å². The molecule has 0 fully saturated rings. The van der Waals surface area contributed by atoms with E-state index in [4.69, 9.17) is 23.2 Å². The number of aromatic nitrogens is 1. The summed E-state index contributed by atoms with van der Waals surface area (Å²) in [6.07, 6.45) is 2.44. The summed E-state index contributed by atoms with van der Waals surface area (Å²) in [6, 6.07) is 18.2. The quantitative estimate of drug-likeness (QED) is 0.359. The fourth-order valence-electron chi connectivity index (χ4n) is 3.51. The molecule has 7 heteroatoms. The zero-order valence-electron chi connectivity index (χ0n) is 17.0. The molecule has 0 aliphatic rings. The van der Waals surface area contributed by atoms with Crippen LogP contribution < -0.4 is 4.72 Å². The molecular formula is C24H20Cl2N2O2S. The number of nitrogens with one attached hydrogen (secondary N) is 1. The van der Waals surface area contributed by atoms with Crippen molar-refractivity contribution in [3.63, 3.8) is 0 Å². The third kappa shape index (κ3) is 4.69. The van der Waals surface area contributed by atoms with E-state index in [0.29, 0.717) is 17.1 Å². The van der Waals surface area contributed by atoms with Gasteiger partial charge in [-0.25, -0.2) is 8.42 Å². The number of nitrogens with zero attached hydrogens (tertiary/aromatic N) is 1. The Morgan fingerprint density at radius 3 is 2.45 bits per heavy atom. The van der Waals surface area contributed by atoms with Crippen LogP contribution in [0.2, 0.25) is 10.0 Å². The lowest BCUT2D eigenvalue weighted by Gasteiger charge is -2.14. The summed E-state index contributed by atoms with van der Waals surface area (Å²) in [7, 11) is -3.84. The highest BCUT2D eigenvalue weighted by Gasteiger charge is 2.19. The minimum absolute atomic E-state index is 0.0276. The topological polar surface area (TPSA) is 59.1 Å². The van der Waals surface area contributed by atoms with Crippen LogP contribution in [0.15, 0.2) is 71.8 Å². The Kier molecular flexibility index (Phi) is 5.93. The monoisotopic (exact) mass is 470 g/mol. The van der Waals surface area contributed by atoms with E-state index in [2.05, 4.69) is 15.8 Å². The number of aryl methyl sites for hydroxylation is 2. The van der Waals surface area contributed by atoms with Crippen molar-refractivity contribution in [3.8, 4) is 0 Å². The van der Waals surface area contributed by atoms with E-state index in [-0.39, 0.29) is 9.92 Å². The Labute approximate surface area is 191 Å². The normalized spacial score (nSPS) is 11.6. The summed E-state index contributed by atoms with van der Waals surface area (Å²) in [4.78, 5) is 4.53. The standard InChI is InChI=1S/C24H20Cl2N2O2S/c1-15-7-8-24(22(26)9-15)31(29,30)28-19-10-16(2)20(21(25)13-19)12-17-11-18-5-3-4-6-23(18)27-14-17/h3-11,13-14,28H,12H2,1-2H3. The Hall–Kier alpha value is -2.60. The number of hydrogen-bond acceptors (Lipinski definition) is 3. The van der Waals surface area contributed by atoms with Crippen LogP contribution in [0.1, 0.15) is 22.3 Å². The number of hydrogen-bond donors (Lipinski definition) is 1. The third-order valence-electron chi connectivity index (χ3n) is 5.08. The van der Waals surface area contributed by atoms with Gasteiger partial charge in [0.25, 0.3) is 10.0 Å². The van der Waals surface area contributed by atoms with Gasteiger partial charge in [0.15, 0.2) is 0 Å². The van der Waals surface area contributed by atoms with Gasteiger partial charge >= 0.3 is 0 Å². The van der Waals surface area contributed by atoms with Crippen LogP contribution >= 0.6 is 23.2 Å². The third-order valence-corrected chi connectivity index (χ3v) is 7.28. The summed E-state index contributed by atoms with van der Waals surface area (Å²) in [6.45, 7) is 3.76. The summed E-state index contributed by atoms with van der Waals surface area (Å²) in [5, 5.41) is 1.73. The summed E-state index contributed by atoms with van der Waals surface area (Å²) in [5.74, 6) is 0. The zero-order chi connectivity index (χ0) is 22.2. The first-order valence-corrected chi connectivity index (χ1v) is 11.9. The highest BCUT2D eigenvalue weighted by atomic mass is 35.5. The molecule has 0 atom stereocenters. The molecule has 3 aromatic carbocycles. The van der Waals surface area contributed by atoms with E-state index in [9.17, 15) is 8.42 Å². The van der Waals surface area contributed by atoms with Crippen LogP contribution in [0.25, 0.3) is 10.9 Å². The first kappa shape index (κ1) is 21.6. The van der Waals surface area contributed by atoms with E-state index in [1.165, 1.54) is 6.07 Å². The highest BCUT2D eigenvalue weighted by molar-refractivity contribution is 7.92. The van der Waals surface area contributed by atoms with E-state index >= 15 is 0 Å². The Morgan fingerprint density at radius 1 is 0.935 bits per heavy atom. The SMILES string of the molecule is Cc1ccc(S(=O)(=O)Nc2cc(C)c(Cc3cnc4ccccc4c3)c(Cl)c2)c(Cl)c1. The molecule has 0 bridgehead atoms. The number of pyridine rings is 1. The Morgan fingerprint density at radius 2 is 1.71 bits per heavy atom. The van der Waals surface area contributed by atoms with Crippen LogP contribution in [0.3, 0.4) is 0 Å². The zero-order valence-corrected chi connectivity index (χ0v) is 19.3. The van der Waals surface area contributed by atoms with Gasteiger partial charge in [-0.3, -0.25) is 9.71 Å². The summed E-state index contributed by atoms with van der Waals surface area (Å²) >= 11 is 12.7. The van der Waals surface area contributed by atoms with Gasteiger partial charge < -0.3 is 0 Å². The van der Waals surface area contributed by atoms with Crippen molar-refractivity contribution in [3.05, 3.63) is 99.2 Å². The fourth-order valence-corrected chi connectivity index (χ4v) is 5.48. The molecule has 1 N–H and O–H groups in total. The molecule has 1 aromatic heterocycles. The fraction of sp³-hybridized carbons (Fsp3) is 0.125. The van der Waals surface area contributed by atoms with Gasteiger partial charge in [-0.1, -0.05) is 47.5 Å². The molecular weight excluding hydrogens is 451 g/mol. The maximum absolute atomic E-state index is 12.8. The Bertz CT molecular complexity index is 1380. The van der Waals surface area contributed by atoms with Crippen molar-refractivity contribution >= 4 is 49.8 Å². The van der Waals surface area contributed by atoms with E-state index in [0.717, 1.165) is 33.2 Å². The van der Waals surface area contributed by atoms with Crippen molar-refractivity contribution in [2.24, 2.45) is 0 Å². The van der Waals surface area contributed by atoms with Gasteiger partial charge in [-0.2, -0.15) is 0 Å². The maximum atomic E-state index is 12.8. The van der Waals surface area contributed by atoms with E-state index in [1.807, 2.05) is 44.3 Å². The van der Waals surface area contributed by atoms with Gasteiger partial charge in [-0.05, 0) is 72.5 Å². The molecule has 0 saturated heterocycles. The van der Waals surface area contributed by atoms with Crippen LogP contribution in [-0.4, -0.2) is 13.4 Å². The van der Waals surface area contributed by atoms with Crippen molar-refractivity contribution in [2.75, 3.05) is 4.72 Å².